The van der Waals surface area contributed by atoms with Crippen LogP contribution >= 0.6 is 0 Å². The van der Waals surface area contributed by atoms with E-state index in [1.54, 1.807) is 0 Å². The van der Waals surface area contributed by atoms with Crippen LogP contribution in [0.2, 0.25) is 0 Å². The minimum absolute atomic E-state index is 0. The maximum absolute atomic E-state index is 11.1. The molecule has 0 amide bonds. The summed E-state index contributed by atoms with van der Waals surface area (Å²) in [6.45, 7) is -0.749. The van der Waals surface area contributed by atoms with Crippen molar-refractivity contribution in [1.82, 2.24) is 0 Å². The average molecular weight is 164 g/mol. The van der Waals surface area contributed by atoms with Crippen LogP contribution in [0.1, 0.15) is 6.42 Å². The van der Waals surface area contributed by atoms with Gasteiger partial charge in [0.1, 0.15) is 0 Å². The van der Waals surface area contributed by atoms with Crippen LogP contribution in [-0.4, -0.2) is 25.4 Å². The van der Waals surface area contributed by atoms with Gasteiger partial charge in [-0.3, -0.25) is 4.39 Å². The minimum Gasteiger partial charge on any atom is -0.748 e. The molecule has 0 bridgehead atoms. The second kappa shape index (κ2) is 5.61. The second-order valence-electron chi connectivity index (χ2n) is 1.30. The van der Waals surface area contributed by atoms with Crippen molar-refractivity contribution in [3.63, 3.8) is 0 Å². The van der Waals surface area contributed by atoms with Gasteiger partial charge in [-0.15, -0.1) is 0 Å². The molecular weight excluding hydrogens is 158 g/mol. The zero-order valence-electron chi connectivity index (χ0n) is 5.13. The van der Waals surface area contributed by atoms with Gasteiger partial charge in [0.05, 0.1) is 16.8 Å². The molecule has 9 heavy (non-hydrogen) atoms. The number of hydrogen-bond acceptors (Lipinski definition) is 3. The van der Waals surface area contributed by atoms with Crippen molar-refractivity contribution in [3.8, 4) is 0 Å². The summed E-state index contributed by atoms with van der Waals surface area (Å²) >= 11 is 0. The Morgan fingerprint density at radius 1 is 1.44 bits per heavy atom. The molecule has 0 aliphatic heterocycles. The molecule has 0 aromatic rings. The van der Waals surface area contributed by atoms with E-state index in [1.807, 2.05) is 0 Å². The summed E-state index contributed by atoms with van der Waals surface area (Å²) < 4.78 is 40.1. The third-order valence-corrected chi connectivity index (χ3v) is 1.32. The first-order valence-electron chi connectivity index (χ1n) is 2.06. The Kier molecular flexibility index (Phi) is 7.80. The van der Waals surface area contributed by atoms with E-state index in [0.29, 0.717) is 0 Å². The molecule has 0 aliphatic rings. The van der Waals surface area contributed by atoms with E-state index in [9.17, 15) is 17.4 Å². The van der Waals surface area contributed by atoms with Crippen LogP contribution in [0.4, 0.5) is 4.39 Å². The van der Waals surface area contributed by atoms with Gasteiger partial charge in [0, 0.05) is 5.75 Å². The Balaban J connectivity index is 0. The second-order valence-corrected chi connectivity index (χ2v) is 2.83. The van der Waals surface area contributed by atoms with Gasteiger partial charge in [0.25, 0.3) is 0 Å². The van der Waals surface area contributed by atoms with Gasteiger partial charge in [-0.05, 0) is 6.42 Å². The predicted molar refractivity (Wildman–Crippen MR) is 25.2 cm³/mol. The summed E-state index contributed by atoms with van der Waals surface area (Å²) in [6.07, 6.45) is -0.189. The van der Waals surface area contributed by atoms with Crippen molar-refractivity contribution in [2.45, 2.75) is 6.42 Å². The van der Waals surface area contributed by atoms with Crippen LogP contribution in [0.25, 0.3) is 0 Å². The molecular formula is C3H6FNaO3S. The summed E-state index contributed by atoms with van der Waals surface area (Å²) in [6, 6.07) is 0. The molecule has 0 saturated carbocycles. The molecule has 0 aromatic carbocycles. The van der Waals surface area contributed by atoms with Crippen LogP contribution in [0, 0.1) is 0 Å². The van der Waals surface area contributed by atoms with Gasteiger partial charge in [-0.2, -0.15) is 0 Å². The Labute approximate surface area is 75.7 Å². The summed E-state index contributed by atoms with van der Waals surface area (Å²) in [7, 11) is -4.18. The Hall–Kier alpha value is 0.840. The smallest absolute Gasteiger partial charge is 0.748 e. The van der Waals surface area contributed by atoms with Gasteiger partial charge in [-0.1, -0.05) is 0 Å². The first kappa shape index (κ1) is 12.5. The molecule has 0 fully saturated rings. The summed E-state index contributed by atoms with van der Waals surface area (Å²) in [4.78, 5) is 0. The molecule has 0 rings (SSSR count). The van der Waals surface area contributed by atoms with E-state index in [0.717, 1.165) is 0 Å². The van der Waals surface area contributed by atoms with Crippen molar-refractivity contribution in [3.05, 3.63) is 0 Å². The summed E-state index contributed by atoms with van der Waals surface area (Å²) in [5, 5.41) is 0. The van der Waals surface area contributed by atoms with Gasteiger partial charge < -0.3 is 4.55 Å². The Bertz CT molecular complexity index is 143. The number of hydrogen-bond donors (Lipinski definition) is 0. The summed E-state index contributed by atoms with van der Waals surface area (Å²) in [5.74, 6) is -0.594. The molecule has 6 heteroatoms. The maximum Gasteiger partial charge on any atom is 1.00 e. The van der Waals surface area contributed by atoms with E-state index >= 15 is 0 Å². The molecule has 0 aromatic heterocycles. The third kappa shape index (κ3) is 12.1. The molecule has 0 saturated heterocycles. The topological polar surface area (TPSA) is 57.2 Å². The standard InChI is InChI=1S/C3H7FO3S.Na/c4-2-1-3-8(5,6)7;/h1-3H2,(H,5,6,7);/q;+1/p-1. The van der Waals surface area contributed by atoms with E-state index < -0.39 is 22.5 Å². The van der Waals surface area contributed by atoms with Gasteiger partial charge in [-0.25, -0.2) is 8.42 Å². The zero-order chi connectivity index (χ0) is 6.62. The van der Waals surface area contributed by atoms with E-state index in [-0.39, 0.29) is 36.0 Å². The van der Waals surface area contributed by atoms with Crippen molar-refractivity contribution in [1.29, 1.82) is 0 Å². The largest absolute Gasteiger partial charge is 1.00 e. The Morgan fingerprint density at radius 3 is 2.00 bits per heavy atom. The molecule has 50 valence electrons. The number of alkyl halides is 1. The first-order valence-corrected chi connectivity index (χ1v) is 3.63. The molecule has 0 unspecified atom stereocenters. The van der Waals surface area contributed by atoms with Gasteiger partial charge in [0.15, 0.2) is 0 Å². The fraction of sp³-hybridized carbons (Fsp3) is 1.00. The molecule has 0 radical (unpaired) electrons. The SMILES string of the molecule is O=S(=O)([O-])CCCF.[Na+]. The molecule has 0 heterocycles. The van der Waals surface area contributed by atoms with Gasteiger partial charge >= 0.3 is 29.6 Å². The van der Waals surface area contributed by atoms with Crippen molar-refractivity contribution in [2.24, 2.45) is 0 Å². The first-order chi connectivity index (χ1) is 3.56. The quantitative estimate of drug-likeness (QED) is 0.328. The molecule has 0 atom stereocenters. The minimum atomic E-state index is -4.18. The average Bonchev–Trinajstić information content (AvgIpc) is 1.59. The zero-order valence-corrected chi connectivity index (χ0v) is 7.95. The van der Waals surface area contributed by atoms with Crippen LogP contribution in [-0.2, 0) is 10.1 Å². The Morgan fingerprint density at radius 2 is 1.89 bits per heavy atom. The van der Waals surface area contributed by atoms with Crippen LogP contribution < -0.4 is 29.6 Å². The van der Waals surface area contributed by atoms with E-state index in [4.69, 9.17) is 0 Å². The normalized spacial score (nSPS) is 10.4. The summed E-state index contributed by atoms with van der Waals surface area (Å²) in [5.41, 5.74) is 0. The van der Waals surface area contributed by atoms with E-state index in [2.05, 4.69) is 0 Å². The van der Waals surface area contributed by atoms with E-state index in [1.165, 1.54) is 0 Å². The fourth-order valence-corrected chi connectivity index (χ4v) is 0.694. The maximum atomic E-state index is 11.1. The van der Waals surface area contributed by atoms with Crippen LogP contribution in [0.3, 0.4) is 0 Å². The molecule has 0 spiro atoms. The fourth-order valence-electron chi connectivity index (χ4n) is 0.231. The number of rotatable bonds is 3. The third-order valence-electron chi connectivity index (χ3n) is 0.528. The van der Waals surface area contributed by atoms with Gasteiger partial charge in [0.2, 0.25) is 0 Å². The predicted octanol–water partition coefficient (Wildman–Crippen LogP) is -3.10. The van der Waals surface area contributed by atoms with Crippen molar-refractivity contribution >= 4 is 10.1 Å². The molecule has 0 aliphatic carbocycles. The van der Waals surface area contributed by atoms with Crippen molar-refractivity contribution in [2.75, 3.05) is 12.4 Å². The van der Waals surface area contributed by atoms with Crippen molar-refractivity contribution < 1.29 is 46.9 Å². The monoisotopic (exact) mass is 164 g/mol. The van der Waals surface area contributed by atoms with Crippen LogP contribution in [0.15, 0.2) is 0 Å². The molecule has 3 nitrogen and oxygen atoms in total. The molecule has 0 N–H and O–H groups in total. The number of halogens is 1. The van der Waals surface area contributed by atoms with Crippen LogP contribution in [0.5, 0.6) is 0 Å².